The Morgan fingerprint density at radius 2 is 1.82 bits per heavy atom. The molecule has 148 valence electrons. The number of benzene rings is 2. The van der Waals surface area contributed by atoms with E-state index in [1.807, 2.05) is 0 Å². The van der Waals surface area contributed by atoms with Gasteiger partial charge in [-0.05, 0) is 36.4 Å². The number of methoxy groups -OCH3 is 1. The molecular weight excluding hydrogens is 428 g/mol. The van der Waals surface area contributed by atoms with Crippen LogP contribution in [0.3, 0.4) is 0 Å². The minimum absolute atomic E-state index is 0.0423. The summed E-state index contributed by atoms with van der Waals surface area (Å²) in [5, 5.41) is -0.154. The summed E-state index contributed by atoms with van der Waals surface area (Å²) >= 11 is 0.918. The average molecular weight is 444 g/mol. The Labute approximate surface area is 167 Å². The summed E-state index contributed by atoms with van der Waals surface area (Å²) in [6.07, 6.45) is 0. The van der Waals surface area contributed by atoms with Crippen LogP contribution in [-0.4, -0.2) is 37.1 Å². The zero-order chi connectivity index (χ0) is 20.3. The number of sulfone groups is 1. The van der Waals surface area contributed by atoms with Crippen molar-refractivity contribution in [3.05, 3.63) is 60.2 Å². The van der Waals surface area contributed by atoms with Gasteiger partial charge in [0.05, 0.1) is 28.1 Å². The van der Waals surface area contributed by atoms with Gasteiger partial charge in [0.15, 0.2) is 5.03 Å². The topological polar surface area (TPSA) is 73.3 Å². The third kappa shape index (κ3) is 4.35. The van der Waals surface area contributed by atoms with Crippen molar-refractivity contribution >= 4 is 32.0 Å². The molecule has 1 aromatic heterocycles. The highest BCUT2D eigenvalue weighted by atomic mass is 32.2. The second kappa shape index (κ2) is 8.56. The predicted molar refractivity (Wildman–Crippen MR) is 103 cm³/mol. The fourth-order valence-electron chi connectivity index (χ4n) is 2.33. The van der Waals surface area contributed by atoms with E-state index in [9.17, 15) is 21.4 Å². The van der Waals surface area contributed by atoms with Crippen molar-refractivity contribution in [2.45, 2.75) is 14.1 Å². The number of hydrogen-bond acceptors (Lipinski definition) is 6. The predicted octanol–water partition coefficient (Wildman–Crippen LogP) is 3.68. The SMILES string of the molecule is COCCS(=O)c1sc(-c2cccc(F)c2)nc1S(=O)(=O)c1ccc(F)cc1. The molecule has 2 aromatic carbocycles. The lowest BCUT2D eigenvalue weighted by Gasteiger charge is -2.04. The summed E-state index contributed by atoms with van der Waals surface area (Å²) in [5.74, 6) is -1.01. The Balaban J connectivity index is 2.15. The van der Waals surface area contributed by atoms with Gasteiger partial charge in [-0.1, -0.05) is 12.1 Å². The van der Waals surface area contributed by atoms with E-state index in [1.54, 1.807) is 6.07 Å². The summed E-state index contributed by atoms with van der Waals surface area (Å²) in [6, 6.07) is 9.81. The molecule has 0 saturated carbocycles. The highest BCUT2D eigenvalue weighted by molar-refractivity contribution is 7.93. The molecule has 0 aliphatic carbocycles. The van der Waals surface area contributed by atoms with Crippen LogP contribution >= 0.6 is 11.3 Å². The summed E-state index contributed by atoms with van der Waals surface area (Å²) in [5.41, 5.74) is 0.371. The van der Waals surface area contributed by atoms with Gasteiger partial charge in [0.2, 0.25) is 9.84 Å². The van der Waals surface area contributed by atoms with Crippen LogP contribution in [0.25, 0.3) is 10.6 Å². The van der Waals surface area contributed by atoms with Gasteiger partial charge in [0.25, 0.3) is 0 Å². The van der Waals surface area contributed by atoms with E-state index in [1.165, 1.54) is 25.3 Å². The molecule has 0 aliphatic rings. The molecule has 1 atom stereocenters. The van der Waals surface area contributed by atoms with Crippen molar-refractivity contribution in [1.29, 1.82) is 0 Å². The molecule has 3 aromatic rings. The fraction of sp³-hybridized carbons (Fsp3) is 0.167. The van der Waals surface area contributed by atoms with Crippen LogP contribution < -0.4 is 0 Å². The smallest absolute Gasteiger partial charge is 0.225 e. The number of hydrogen-bond donors (Lipinski definition) is 0. The van der Waals surface area contributed by atoms with Gasteiger partial charge in [-0.3, -0.25) is 4.21 Å². The molecule has 0 aliphatic heterocycles. The van der Waals surface area contributed by atoms with Crippen molar-refractivity contribution in [3.63, 3.8) is 0 Å². The first-order chi connectivity index (χ1) is 13.3. The first-order valence-corrected chi connectivity index (χ1v) is 11.6. The van der Waals surface area contributed by atoms with Crippen LogP contribution in [0, 0.1) is 11.6 Å². The molecule has 0 saturated heterocycles. The van der Waals surface area contributed by atoms with Crippen molar-refractivity contribution in [2.75, 3.05) is 19.5 Å². The van der Waals surface area contributed by atoms with Gasteiger partial charge in [-0.25, -0.2) is 22.2 Å². The Kier molecular flexibility index (Phi) is 6.33. The molecule has 10 heteroatoms. The van der Waals surface area contributed by atoms with Crippen LogP contribution in [-0.2, 0) is 25.4 Å². The van der Waals surface area contributed by atoms with E-state index in [-0.39, 0.29) is 31.5 Å². The number of nitrogens with zero attached hydrogens (tertiary/aromatic N) is 1. The third-order valence-electron chi connectivity index (χ3n) is 3.70. The standard InChI is InChI=1S/C18H15F2NO4S3/c1-25-9-10-27(22)18-17(28(23,24)15-7-5-13(19)6-8-15)21-16(26-18)12-3-2-4-14(20)11-12/h2-8,11H,9-10H2,1H3. The largest absolute Gasteiger partial charge is 0.384 e. The lowest BCUT2D eigenvalue weighted by atomic mass is 10.2. The van der Waals surface area contributed by atoms with E-state index in [2.05, 4.69) is 4.98 Å². The summed E-state index contributed by atoms with van der Waals surface area (Å²) in [7, 11) is -4.40. The summed E-state index contributed by atoms with van der Waals surface area (Å²) in [4.78, 5) is 3.99. The second-order valence-electron chi connectivity index (χ2n) is 5.62. The van der Waals surface area contributed by atoms with Gasteiger partial charge < -0.3 is 4.74 Å². The Bertz CT molecular complexity index is 1110. The first-order valence-electron chi connectivity index (χ1n) is 7.97. The first kappa shape index (κ1) is 20.7. The normalized spacial score (nSPS) is 12.8. The van der Waals surface area contributed by atoms with E-state index >= 15 is 0 Å². The molecule has 0 spiro atoms. The highest BCUT2D eigenvalue weighted by Gasteiger charge is 2.29. The molecule has 3 rings (SSSR count). The van der Waals surface area contributed by atoms with E-state index in [0.29, 0.717) is 5.56 Å². The second-order valence-corrected chi connectivity index (χ2v) is 10.3. The molecule has 0 bridgehead atoms. The Hall–Kier alpha value is -2.01. The number of halogens is 2. The Morgan fingerprint density at radius 3 is 2.46 bits per heavy atom. The monoisotopic (exact) mass is 443 g/mol. The summed E-state index contributed by atoms with van der Waals surface area (Å²) < 4.78 is 70.5. The maximum Gasteiger partial charge on any atom is 0.225 e. The van der Waals surface area contributed by atoms with Gasteiger partial charge in [0, 0.05) is 12.7 Å². The molecule has 0 amide bonds. The van der Waals surface area contributed by atoms with Gasteiger partial charge in [0.1, 0.15) is 20.9 Å². The molecule has 1 heterocycles. The maximum absolute atomic E-state index is 13.6. The average Bonchev–Trinajstić information content (AvgIpc) is 3.13. The minimum Gasteiger partial charge on any atom is -0.384 e. The van der Waals surface area contributed by atoms with E-state index in [4.69, 9.17) is 4.74 Å². The van der Waals surface area contributed by atoms with Crippen LogP contribution in [0.1, 0.15) is 0 Å². The van der Waals surface area contributed by atoms with Crippen molar-refractivity contribution in [2.24, 2.45) is 0 Å². The van der Waals surface area contributed by atoms with E-state index in [0.717, 1.165) is 35.6 Å². The maximum atomic E-state index is 13.6. The zero-order valence-electron chi connectivity index (χ0n) is 14.6. The Morgan fingerprint density at radius 1 is 1.11 bits per heavy atom. The third-order valence-corrected chi connectivity index (χ3v) is 8.50. The quantitative estimate of drug-likeness (QED) is 0.521. The number of rotatable bonds is 7. The van der Waals surface area contributed by atoms with Crippen LogP contribution in [0.15, 0.2) is 62.7 Å². The molecule has 28 heavy (non-hydrogen) atoms. The summed E-state index contributed by atoms with van der Waals surface area (Å²) in [6.45, 7) is 0.163. The molecule has 0 radical (unpaired) electrons. The number of ether oxygens (including phenoxy) is 1. The highest BCUT2D eigenvalue weighted by Crippen LogP contribution is 2.35. The number of aromatic nitrogens is 1. The molecule has 0 N–H and O–H groups in total. The minimum atomic E-state index is -4.15. The van der Waals surface area contributed by atoms with Crippen LogP contribution in [0.4, 0.5) is 8.78 Å². The van der Waals surface area contributed by atoms with E-state index < -0.39 is 32.3 Å². The van der Waals surface area contributed by atoms with Crippen molar-refractivity contribution < 1.29 is 26.1 Å². The fourth-order valence-corrected chi connectivity index (χ4v) is 6.89. The molecule has 0 fully saturated rings. The molecule has 1 unspecified atom stereocenters. The van der Waals surface area contributed by atoms with Crippen molar-refractivity contribution in [1.82, 2.24) is 4.98 Å². The van der Waals surface area contributed by atoms with Crippen LogP contribution in [0.2, 0.25) is 0 Å². The lowest BCUT2D eigenvalue weighted by Crippen LogP contribution is -2.09. The van der Waals surface area contributed by atoms with Crippen molar-refractivity contribution in [3.8, 4) is 10.6 Å². The van der Waals surface area contributed by atoms with Crippen LogP contribution in [0.5, 0.6) is 0 Å². The molecule has 5 nitrogen and oxygen atoms in total. The van der Waals surface area contributed by atoms with Gasteiger partial charge >= 0.3 is 0 Å². The number of thiazole rings is 1. The zero-order valence-corrected chi connectivity index (χ0v) is 17.0. The van der Waals surface area contributed by atoms with Gasteiger partial charge in [-0.15, -0.1) is 11.3 Å². The van der Waals surface area contributed by atoms with Gasteiger partial charge in [-0.2, -0.15) is 0 Å². The molecular formula is C18H15F2NO4S3. The lowest BCUT2D eigenvalue weighted by molar-refractivity contribution is 0.218.